The summed E-state index contributed by atoms with van der Waals surface area (Å²) in [5, 5.41) is 8.76. The third-order valence-electron chi connectivity index (χ3n) is 3.09. The standard InChI is InChI=1S/C16H19N3O2/c20-16(21)8-5-11-19(12-14-6-1-3-9-17-14)13-15-7-2-4-10-18-15/h1-4,6-7,9-10H,5,8,11-13H2,(H,20,21). The van der Waals surface area contributed by atoms with Gasteiger partial charge in [-0.05, 0) is 37.2 Å². The highest BCUT2D eigenvalue weighted by molar-refractivity contribution is 5.66. The van der Waals surface area contributed by atoms with Crippen molar-refractivity contribution >= 4 is 5.97 Å². The summed E-state index contributed by atoms with van der Waals surface area (Å²) in [7, 11) is 0. The zero-order chi connectivity index (χ0) is 14.9. The van der Waals surface area contributed by atoms with Crippen molar-refractivity contribution in [1.82, 2.24) is 14.9 Å². The topological polar surface area (TPSA) is 66.3 Å². The second-order valence-electron chi connectivity index (χ2n) is 4.85. The molecular formula is C16H19N3O2. The zero-order valence-corrected chi connectivity index (χ0v) is 11.9. The molecule has 0 unspecified atom stereocenters. The second kappa shape index (κ2) is 8.11. The van der Waals surface area contributed by atoms with Crippen LogP contribution in [0.2, 0.25) is 0 Å². The van der Waals surface area contributed by atoms with E-state index in [2.05, 4.69) is 14.9 Å². The third-order valence-corrected chi connectivity index (χ3v) is 3.09. The number of aliphatic carboxylic acids is 1. The number of rotatable bonds is 8. The van der Waals surface area contributed by atoms with Gasteiger partial charge in [-0.25, -0.2) is 0 Å². The molecule has 110 valence electrons. The van der Waals surface area contributed by atoms with Crippen LogP contribution < -0.4 is 0 Å². The highest BCUT2D eigenvalue weighted by Crippen LogP contribution is 2.08. The summed E-state index contributed by atoms with van der Waals surface area (Å²) in [4.78, 5) is 21.5. The van der Waals surface area contributed by atoms with Crippen molar-refractivity contribution in [3.05, 3.63) is 60.2 Å². The number of pyridine rings is 2. The van der Waals surface area contributed by atoms with Crippen molar-refractivity contribution in [3.8, 4) is 0 Å². The molecular weight excluding hydrogens is 266 g/mol. The first-order chi connectivity index (χ1) is 10.2. The molecule has 5 heteroatoms. The molecule has 2 heterocycles. The summed E-state index contributed by atoms with van der Waals surface area (Å²) in [6, 6.07) is 11.6. The molecule has 0 fully saturated rings. The van der Waals surface area contributed by atoms with E-state index in [1.807, 2.05) is 36.4 Å². The summed E-state index contributed by atoms with van der Waals surface area (Å²) in [5.41, 5.74) is 1.95. The fourth-order valence-electron chi connectivity index (χ4n) is 2.11. The smallest absolute Gasteiger partial charge is 0.303 e. The van der Waals surface area contributed by atoms with Crippen LogP contribution in [0.25, 0.3) is 0 Å². The van der Waals surface area contributed by atoms with Crippen LogP contribution >= 0.6 is 0 Å². The van der Waals surface area contributed by atoms with Gasteiger partial charge < -0.3 is 5.11 Å². The summed E-state index contributed by atoms with van der Waals surface area (Å²) in [6.07, 6.45) is 4.34. The lowest BCUT2D eigenvalue weighted by atomic mass is 10.2. The molecule has 21 heavy (non-hydrogen) atoms. The van der Waals surface area contributed by atoms with Crippen LogP contribution in [-0.4, -0.2) is 32.5 Å². The molecule has 0 aliphatic rings. The average molecular weight is 285 g/mol. The molecule has 0 aliphatic carbocycles. The summed E-state index contributed by atoms with van der Waals surface area (Å²) >= 11 is 0. The molecule has 0 aliphatic heterocycles. The molecule has 2 aromatic rings. The molecule has 0 saturated carbocycles. The zero-order valence-electron chi connectivity index (χ0n) is 11.9. The van der Waals surface area contributed by atoms with E-state index in [4.69, 9.17) is 5.11 Å². The average Bonchev–Trinajstić information content (AvgIpc) is 2.49. The Morgan fingerprint density at radius 3 is 2.00 bits per heavy atom. The number of carbonyl (C=O) groups is 1. The van der Waals surface area contributed by atoms with Gasteiger partial charge in [0.25, 0.3) is 0 Å². The van der Waals surface area contributed by atoms with Crippen LogP contribution in [0.5, 0.6) is 0 Å². The number of carboxylic acids is 1. The first kappa shape index (κ1) is 15.1. The number of nitrogens with zero attached hydrogens (tertiary/aromatic N) is 3. The van der Waals surface area contributed by atoms with E-state index >= 15 is 0 Å². The van der Waals surface area contributed by atoms with E-state index in [1.54, 1.807) is 12.4 Å². The first-order valence-electron chi connectivity index (χ1n) is 6.98. The number of carboxylic acid groups (broad SMARTS) is 1. The Kier molecular flexibility index (Phi) is 5.84. The van der Waals surface area contributed by atoms with Crippen LogP contribution in [0, 0.1) is 0 Å². The maximum absolute atomic E-state index is 10.7. The van der Waals surface area contributed by atoms with Crippen LogP contribution in [0.4, 0.5) is 0 Å². The maximum Gasteiger partial charge on any atom is 0.303 e. The Labute approximate surface area is 124 Å². The van der Waals surface area contributed by atoms with E-state index in [9.17, 15) is 4.79 Å². The molecule has 0 atom stereocenters. The van der Waals surface area contributed by atoms with Crippen molar-refractivity contribution in [2.45, 2.75) is 25.9 Å². The summed E-state index contributed by atoms with van der Waals surface area (Å²) in [6.45, 7) is 2.09. The Bertz CT molecular complexity index is 504. The predicted octanol–water partition coefficient (Wildman–Crippen LogP) is 2.34. The summed E-state index contributed by atoms with van der Waals surface area (Å²) in [5.74, 6) is -0.759. The van der Waals surface area contributed by atoms with Crippen molar-refractivity contribution in [2.24, 2.45) is 0 Å². The normalized spacial score (nSPS) is 10.7. The highest BCUT2D eigenvalue weighted by Gasteiger charge is 2.09. The lowest BCUT2D eigenvalue weighted by molar-refractivity contribution is -0.137. The van der Waals surface area contributed by atoms with Crippen molar-refractivity contribution in [1.29, 1.82) is 0 Å². The molecule has 0 saturated heterocycles. The Morgan fingerprint density at radius 2 is 1.57 bits per heavy atom. The SMILES string of the molecule is O=C(O)CCCN(Cc1ccccn1)Cc1ccccn1. The Morgan fingerprint density at radius 1 is 1.00 bits per heavy atom. The number of aromatic nitrogens is 2. The van der Waals surface area contributed by atoms with E-state index in [1.165, 1.54) is 0 Å². The van der Waals surface area contributed by atoms with Crippen molar-refractivity contribution < 1.29 is 9.90 Å². The maximum atomic E-state index is 10.7. The van der Waals surface area contributed by atoms with Gasteiger partial charge in [-0.2, -0.15) is 0 Å². The highest BCUT2D eigenvalue weighted by atomic mass is 16.4. The van der Waals surface area contributed by atoms with Gasteiger partial charge in [-0.1, -0.05) is 12.1 Å². The largest absolute Gasteiger partial charge is 0.481 e. The van der Waals surface area contributed by atoms with Gasteiger partial charge in [0, 0.05) is 31.9 Å². The molecule has 0 radical (unpaired) electrons. The number of hydrogen-bond acceptors (Lipinski definition) is 4. The van der Waals surface area contributed by atoms with Gasteiger partial charge in [0.15, 0.2) is 0 Å². The van der Waals surface area contributed by atoms with Gasteiger partial charge in [0.2, 0.25) is 0 Å². The van der Waals surface area contributed by atoms with Crippen LogP contribution in [0.15, 0.2) is 48.8 Å². The monoisotopic (exact) mass is 285 g/mol. The molecule has 0 spiro atoms. The van der Waals surface area contributed by atoms with E-state index in [-0.39, 0.29) is 6.42 Å². The second-order valence-corrected chi connectivity index (χ2v) is 4.85. The van der Waals surface area contributed by atoms with Gasteiger partial charge in [-0.15, -0.1) is 0 Å². The fraction of sp³-hybridized carbons (Fsp3) is 0.312. The van der Waals surface area contributed by atoms with Gasteiger partial charge in [-0.3, -0.25) is 19.7 Å². The van der Waals surface area contributed by atoms with Crippen molar-refractivity contribution in [2.75, 3.05) is 6.54 Å². The number of hydrogen-bond donors (Lipinski definition) is 1. The molecule has 0 bridgehead atoms. The minimum absolute atomic E-state index is 0.181. The van der Waals surface area contributed by atoms with Gasteiger partial charge in [0.1, 0.15) is 0 Å². The molecule has 0 amide bonds. The molecule has 0 aromatic carbocycles. The predicted molar refractivity (Wildman–Crippen MR) is 79.5 cm³/mol. The third kappa shape index (κ3) is 5.71. The van der Waals surface area contributed by atoms with E-state index in [0.29, 0.717) is 26.1 Å². The molecule has 1 N–H and O–H groups in total. The minimum atomic E-state index is -0.759. The fourth-order valence-corrected chi connectivity index (χ4v) is 2.11. The summed E-state index contributed by atoms with van der Waals surface area (Å²) < 4.78 is 0. The van der Waals surface area contributed by atoms with Crippen LogP contribution in [0.1, 0.15) is 24.2 Å². The van der Waals surface area contributed by atoms with E-state index in [0.717, 1.165) is 11.4 Å². The quantitative estimate of drug-likeness (QED) is 0.806. The van der Waals surface area contributed by atoms with Crippen LogP contribution in [-0.2, 0) is 17.9 Å². The molecule has 5 nitrogen and oxygen atoms in total. The Hall–Kier alpha value is -2.27. The van der Waals surface area contributed by atoms with Gasteiger partial charge in [0.05, 0.1) is 11.4 Å². The van der Waals surface area contributed by atoms with Crippen LogP contribution in [0.3, 0.4) is 0 Å². The molecule has 2 aromatic heterocycles. The lowest BCUT2D eigenvalue weighted by Crippen LogP contribution is -2.25. The molecule has 2 rings (SSSR count). The van der Waals surface area contributed by atoms with Crippen molar-refractivity contribution in [3.63, 3.8) is 0 Å². The lowest BCUT2D eigenvalue weighted by Gasteiger charge is -2.21. The first-order valence-corrected chi connectivity index (χ1v) is 6.98. The van der Waals surface area contributed by atoms with Gasteiger partial charge >= 0.3 is 5.97 Å². The minimum Gasteiger partial charge on any atom is -0.481 e. The Balaban J connectivity index is 1.97. The van der Waals surface area contributed by atoms with E-state index < -0.39 is 5.97 Å².